The fourth-order valence-corrected chi connectivity index (χ4v) is 2.83. The quantitative estimate of drug-likeness (QED) is 0.609. The van der Waals surface area contributed by atoms with Crippen molar-refractivity contribution in [3.05, 3.63) is 29.8 Å². The van der Waals surface area contributed by atoms with Gasteiger partial charge in [0, 0.05) is 19.8 Å². The van der Waals surface area contributed by atoms with Crippen LogP contribution >= 0.6 is 12.4 Å². The number of carbonyl (C=O) groups is 2. The molecule has 0 spiro atoms. The number of halogens is 1. The van der Waals surface area contributed by atoms with Crippen molar-refractivity contribution in [2.24, 2.45) is 11.7 Å². The lowest BCUT2D eigenvalue weighted by atomic mass is 9.92. The molecule has 1 heterocycles. The molecular formula is C19H29ClN2O5. The number of ether oxygens (including phenoxy) is 3. The number of carbonyl (C=O) groups excluding carboxylic acids is 2. The topological polar surface area (TPSA) is 99.9 Å². The van der Waals surface area contributed by atoms with E-state index < -0.39 is 6.04 Å². The van der Waals surface area contributed by atoms with Gasteiger partial charge in [-0.2, -0.15) is 0 Å². The molecule has 3 N–H and O–H groups in total. The van der Waals surface area contributed by atoms with Crippen molar-refractivity contribution in [1.29, 1.82) is 0 Å². The van der Waals surface area contributed by atoms with Crippen LogP contribution in [0.3, 0.4) is 0 Å². The third kappa shape index (κ3) is 8.15. The average molecular weight is 401 g/mol. The predicted octanol–water partition coefficient (Wildman–Crippen LogP) is 1.46. The normalized spacial score (nSPS) is 15.3. The van der Waals surface area contributed by atoms with E-state index in [0.29, 0.717) is 38.5 Å². The van der Waals surface area contributed by atoms with Gasteiger partial charge in [0.25, 0.3) is 0 Å². The summed E-state index contributed by atoms with van der Waals surface area (Å²) >= 11 is 0. The van der Waals surface area contributed by atoms with Crippen LogP contribution in [0.15, 0.2) is 24.3 Å². The van der Waals surface area contributed by atoms with E-state index in [1.165, 1.54) is 0 Å². The molecule has 0 aliphatic carbocycles. The molecular weight excluding hydrogens is 372 g/mol. The summed E-state index contributed by atoms with van der Waals surface area (Å²) in [4.78, 5) is 23.4. The van der Waals surface area contributed by atoms with E-state index in [2.05, 4.69) is 5.32 Å². The van der Waals surface area contributed by atoms with Gasteiger partial charge < -0.3 is 25.3 Å². The van der Waals surface area contributed by atoms with Gasteiger partial charge in [0.2, 0.25) is 5.91 Å². The van der Waals surface area contributed by atoms with Crippen molar-refractivity contribution in [1.82, 2.24) is 5.32 Å². The number of hydrogen-bond donors (Lipinski definition) is 2. The molecule has 1 aliphatic rings. The first-order valence-electron chi connectivity index (χ1n) is 9.08. The van der Waals surface area contributed by atoms with E-state index >= 15 is 0 Å². The second kappa shape index (κ2) is 12.5. The summed E-state index contributed by atoms with van der Waals surface area (Å²) < 4.78 is 15.4. The maximum atomic E-state index is 12.1. The van der Waals surface area contributed by atoms with Gasteiger partial charge in [-0.25, -0.2) is 4.79 Å². The van der Waals surface area contributed by atoms with Crippen LogP contribution in [0.2, 0.25) is 0 Å². The lowest BCUT2D eigenvalue weighted by molar-refractivity contribution is -0.145. The average Bonchev–Trinajstić information content (AvgIpc) is 2.67. The van der Waals surface area contributed by atoms with E-state index in [0.717, 1.165) is 18.4 Å². The molecule has 27 heavy (non-hydrogen) atoms. The Labute approximate surface area is 166 Å². The Morgan fingerprint density at radius 3 is 2.56 bits per heavy atom. The summed E-state index contributed by atoms with van der Waals surface area (Å²) in [6.45, 7) is 3.87. The number of esters is 1. The lowest BCUT2D eigenvalue weighted by Crippen LogP contribution is -2.47. The molecule has 0 bridgehead atoms. The maximum Gasteiger partial charge on any atom is 0.344 e. The van der Waals surface area contributed by atoms with E-state index in [-0.39, 0.29) is 36.8 Å². The van der Waals surface area contributed by atoms with Crippen LogP contribution in [0, 0.1) is 5.92 Å². The molecule has 1 saturated heterocycles. The monoisotopic (exact) mass is 400 g/mol. The number of nitrogens with one attached hydrogen (secondary N) is 1. The minimum Gasteiger partial charge on any atom is -0.482 e. The van der Waals surface area contributed by atoms with E-state index in [1.807, 2.05) is 12.1 Å². The molecule has 1 atom stereocenters. The van der Waals surface area contributed by atoms with Gasteiger partial charge in [-0.1, -0.05) is 12.1 Å². The molecule has 1 fully saturated rings. The number of nitrogens with two attached hydrogens (primary N) is 1. The van der Waals surface area contributed by atoms with Crippen LogP contribution < -0.4 is 15.8 Å². The Morgan fingerprint density at radius 1 is 1.26 bits per heavy atom. The summed E-state index contributed by atoms with van der Waals surface area (Å²) in [5.41, 5.74) is 7.11. The second-order valence-corrected chi connectivity index (χ2v) is 6.25. The third-order valence-electron chi connectivity index (χ3n) is 4.37. The van der Waals surface area contributed by atoms with Crippen molar-refractivity contribution < 1.29 is 23.8 Å². The maximum absolute atomic E-state index is 12.1. The fourth-order valence-electron chi connectivity index (χ4n) is 2.83. The van der Waals surface area contributed by atoms with Crippen LogP contribution in [-0.4, -0.2) is 50.9 Å². The molecule has 1 aliphatic heterocycles. The van der Waals surface area contributed by atoms with Gasteiger partial charge in [-0.3, -0.25) is 4.79 Å². The molecule has 1 aromatic rings. The van der Waals surface area contributed by atoms with Crippen LogP contribution in [0.25, 0.3) is 0 Å². The Hall–Kier alpha value is -1.83. The van der Waals surface area contributed by atoms with E-state index in [4.69, 9.17) is 19.9 Å². The van der Waals surface area contributed by atoms with E-state index in [9.17, 15) is 9.59 Å². The Balaban J connectivity index is 0.00000364. The van der Waals surface area contributed by atoms with Crippen molar-refractivity contribution in [2.75, 3.05) is 33.0 Å². The van der Waals surface area contributed by atoms with Gasteiger partial charge in [0.1, 0.15) is 5.75 Å². The summed E-state index contributed by atoms with van der Waals surface area (Å²) in [5.74, 6) is 0.304. The molecule has 152 valence electrons. The molecule has 0 saturated carbocycles. The van der Waals surface area contributed by atoms with E-state index in [1.54, 1.807) is 19.1 Å². The van der Waals surface area contributed by atoms with Crippen LogP contribution in [0.4, 0.5) is 0 Å². The summed E-state index contributed by atoms with van der Waals surface area (Å²) in [6.07, 6.45) is 2.37. The molecule has 0 radical (unpaired) electrons. The highest BCUT2D eigenvalue weighted by Gasteiger charge is 2.26. The predicted molar refractivity (Wildman–Crippen MR) is 104 cm³/mol. The van der Waals surface area contributed by atoms with Gasteiger partial charge >= 0.3 is 5.97 Å². The summed E-state index contributed by atoms with van der Waals surface area (Å²) in [6, 6.07) is 6.93. The van der Waals surface area contributed by atoms with Crippen LogP contribution in [-0.2, 0) is 25.5 Å². The van der Waals surface area contributed by atoms with Crippen molar-refractivity contribution >= 4 is 24.3 Å². The summed E-state index contributed by atoms with van der Waals surface area (Å²) in [7, 11) is 0. The highest BCUT2D eigenvalue weighted by molar-refractivity contribution is 5.85. The first-order chi connectivity index (χ1) is 12.6. The zero-order valence-electron chi connectivity index (χ0n) is 15.6. The van der Waals surface area contributed by atoms with Gasteiger partial charge in [0.15, 0.2) is 6.61 Å². The Morgan fingerprint density at radius 2 is 1.93 bits per heavy atom. The number of amides is 1. The van der Waals surface area contributed by atoms with Gasteiger partial charge in [0.05, 0.1) is 12.6 Å². The highest BCUT2D eigenvalue weighted by Crippen LogP contribution is 2.17. The first kappa shape index (κ1) is 23.2. The number of hydrogen-bond acceptors (Lipinski definition) is 6. The number of rotatable bonds is 9. The molecule has 1 amide bonds. The van der Waals surface area contributed by atoms with Crippen molar-refractivity contribution in [3.63, 3.8) is 0 Å². The van der Waals surface area contributed by atoms with Gasteiger partial charge in [-0.05, 0) is 49.8 Å². The fraction of sp³-hybridized carbons (Fsp3) is 0.579. The minimum absolute atomic E-state index is 0. The third-order valence-corrected chi connectivity index (χ3v) is 4.37. The van der Waals surface area contributed by atoms with Crippen molar-refractivity contribution in [2.45, 2.75) is 32.2 Å². The van der Waals surface area contributed by atoms with Crippen LogP contribution in [0.1, 0.15) is 25.3 Å². The van der Waals surface area contributed by atoms with Crippen molar-refractivity contribution in [3.8, 4) is 5.75 Å². The zero-order valence-corrected chi connectivity index (χ0v) is 16.5. The Bertz CT molecular complexity index is 576. The molecule has 8 heteroatoms. The lowest BCUT2D eigenvalue weighted by Gasteiger charge is -2.26. The second-order valence-electron chi connectivity index (χ2n) is 6.25. The molecule has 0 aromatic heterocycles. The largest absolute Gasteiger partial charge is 0.482 e. The zero-order chi connectivity index (χ0) is 18.8. The molecule has 1 unspecified atom stereocenters. The molecule has 2 rings (SSSR count). The van der Waals surface area contributed by atoms with Crippen LogP contribution in [0.5, 0.6) is 5.75 Å². The molecule has 7 nitrogen and oxygen atoms in total. The highest BCUT2D eigenvalue weighted by atomic mass is 35.5. The first-order valence-corrected chi connectivity index (χ1v) is 9.08. The summed E-state index contributed by atoms with van der Waals surface area (Å²) in [5, 5.41) is 2.90. The smallest absolute Gasteiger partial charge is 0.344 e. The minimum atomic E-state index is -0.474. The standard InChI is InChI=1S/C19H28N2O5.ClH/c1-2-25-17(22)13-26-16-5-3-14(4-6-16)7-10-21-19(23)18(20)15-8-11-24-12-9-15;/h3-6,15,18H,2,7-13,20H2,1H3,(H,21,23);1H. The SMILES string of the molecule is CCOC(=O)COc1ccc(CCNC(=O)C(N)C2CCOCC2)cc1.Cl. The Kier molecular flexibility index (Phi) is 10.8. The van der Waals surface area contributed by atoms with Gasteiger partial charge in [-0.15, -0.1) is 12.4 Å². The molecule has 1 aromatic carbocycles. The number of benzene rings is 1.